The Morgan fingerprint density at radius 3 is 2.88 bits per heavy atom. The molecule has 2 N–H and O–H groups in total. The van der Waals surface area contributed by atoms with E-state index in [1.807, 2.05) is 7.05 Å². The first kappa shape index (κ1) is 13.4. The maximum atomic E-state index is 11.6. The predicted molar refractivity (Wildman–Crippen MR) is 63.3 cm³/mol. The summed E-state index contributed by atoms with van der Waals surface area (Å²) < 4.78 is 4.88. The van der Waals surface area contributed by atoms with Crippen LogP contribution in [-0.2, 0) is 9.53 Å². The molecule has 0 aromatic carbocycles. The van der Waals surface area contributed by atoms with Gasteiger partial charge in [-0.1, -0.05) is 6.92 Å². The van der Waals surface area contributed by atoms with Crippen LogP contribution in [0.3, 0.4) is 0 Å². The van der Waals surface area contributed by atoms with Crippen molar-refractivity contribution in [2.75, 3.05) is 46.9 Å². The van der Waals surface area contributed by atoms with Gasteiger partial charge in [-0.05, 0) is 19.5 Å². The number of amides is 1. The van der Waals surface area contributed by atoms with E-state index in [0.717, 1.165) is 13.1 Å². The van der Waals surface area contributed by atoms with Crippen LogP contribution in [0.25, 0.3) is 0 Å². The lowest BCUT2D eigenvalue weighted by Crippen LogP contribution is -2.44. The highest BCUT2D eigenvalue weighted by molar-refractivity contribution is 5.78. The molecular formula is C11H23N3O2. The molecule has 1 heterocycles. The van der Waals surface area contributed by atoms with Gasteiger partial charge in [-0.2, -0.15) is 0 Å². The molecule has 1 amide bonds. The molecule has 0 aliphatic carbocycles. The molecule has 1 fully saturated rings. The number of carbonyl (C=O) groups excluding carboxylic acids is 1. The van der Waals surface area contributed by atoms with Gasteiger partial charge in [0.1, 0.15) is 0 Å². The number of likely N-dealkylation sites (N-methyl/N-ethyl adjacent to an activating group) is 1. The molecule has 0 aromatic heterocycles. The van der Waals surface area contributed by atoms with E-state index in [-0.39, 0.29) is 5.91 Å². The van der Waals surface area contributed by atoms with Crippen molar-refractivity contribution in [2.24, 2.45) is 5.92 Å². The minimum Gasteiger partial charge on any atom is -0.383 e. The quantitative estimate of drug-likeness (QED) is 0.591. The number of carbonyl (C=O) groups is 1. The number of nitrogens with zero attached hydrogens (tertiary/aromatic N) is 1. The van der Waals surface area contributed by atoms with Crippen LogP contribution in [0, 0.1) is 5.92 Å². The van der Waals surface area contributed by atoms with Crippen molar-refractivity contribution in [1.82, 2.24) is 15.5 Å². The van der Waals surface area contributed by atoms with E-state index in [0.29, 0.717) is 31.7 Å². The lowest BCUT2D eigenvalue weighted by atomic mass is 10.1. The van der Waals surface area contributed by atoms with Crippen molar-refractivity contribution < 1.29 is 9.53 Å². The molecule has 0 bridgehead atoms. The summed E-state index contributed by atoms with van der Waals surface area (Å²) in [6, 6.07) is 0.466. The maximum Gasteiger partial charge on any atom is 0.234 e. The SMILES string of the molecule is COCCNC(=O)CN(C)C1CNCC1C. The Bertz CT molecular complexity index is 223. The third-order valence-electron chi connectivity index (χ3n) is 3.06. The van der Waals surface area contributed by atoms with Gasteiger partial charge in [0, 0.05) is 26.2 Å². The molecule has 0 saturated carbocycles. The molecule has 2 unspecified atom stereocenters. The minimum absolute atomic E-state index is 0.0682. The number of nitrogens with one attached hydrogen (secondary N) is 2. The molecule has 94 valence electrons. The zero-order valence-corrected chi connectivity index (χ0v) is 10.5. The second-order valence-corrected chi connectivity index (χ2v) is 4.46. The topological polar surface area (TPSA) is 53.6 Å². The van der Waals surface area contributed by atoms with Crippen LogP contribution in [0.4, 0.5) is 0 Å². The lowest BCUT2D eigenvalue weighted by molar-refractivity contribution is -0.122. The van der Waals surface area contributed by atoms with Crippen LogP contribution in [0.1, 0.15) is 6.92 Å². The van der Waals surface area contributed by atoms with Gasteiger partial charge in [-0.3, -0.25) is 9.69 Å². The van der Waals surface area contributed by atoms with Gasteiger partial charge < -0.3 is 15.4 Å². The predicted octanol–water partition coefficient (Wildman–Crippen LogP) is -0.711. The highest BCUT2D eigenvalue weighted by Gasteiger charge is 2.27. The fourth-order valence-electron chi connectivity index (χ4n) is 2.08. The van der Waals surface area contributed by atoms with E-state index in [1.54, 1.807) is 7.11 Å². The van der Waals surface area contributed by atoms with E-state index in [4.69, 9.17) is 4.74 Å². The monoisotopic (exact) mass is 229 g/mol. The fraction of sp³-hybridized carbons (Fsp3) is 0.909. The molecule has 0 spiro atoms. The Labute approximate surface area is 97.5 Å². The van der Waals surface area contributed by atoms with E-state index < -0.39 is 0 Å². The van der Waals surface area contributed by atoms with Gasteiger partial charge in [0.25, 0.3) is 0 Å². The number of rotatable bonds is 6. The van der Waals surface area contributed by atoms with Crippen LogP contribution in [0.2, 0.25) is 0 Å². The zero-order chi connectivity index (χ0) is 12.0. The first-order chi connectivity index (χ1) is 7.65. The first-order valence-electron chi connectivity index (χ1n) is 5.81. The summed E-state index contributed by atoms with van der Waals surface area (Å²) in [5.74, 6) is 0.676. The Morgan fingerprint density at radius 1 is 1.56 bits per heavy atom. The molecule has 1 aliphatic rings. The standard InChI is InChI=1S/C11H23N3O2/c1-9-6-12-7-10(9)14(2)8-11(15)13-4-5-16-3/h9-10,12H,4-8H2,1-3H3,(H,13,15). The maximum absolute atomic E-state index is 11.6. The van der Waals surface area contributed by atoms with Crippen molar-refractivity contribution in [2.45, 2.75) is 13.0 Å². The van der Waals surface area contributed by atoms with Gasteiger partial charge in [-0.25, -0.2) is 0 Å². The van der Waals surface area contributed by atoms with E-state index in [2.05, 4.69) is 22.5 Å². The van der Waals surface area contributed by atoms with Crippen molar-refractivity contribution in [3.05, 3.63) is 0 Å². The van der Waals surface area contributed by atoms with Crippen molar-refractivity contribution in [3.63, 3.8) is 0 Å². The van der Waals surface area contributed by atoms with Crippen LogP contribution in [0.5, 0.6) is 0 Å². The minimum atomic E-state index is 0.0682. The molecule has 5 nitrogen and oxygen atoms in total. The third-order valence-corrected chi connectivity index (χ3v) is 3.06. The van der Waals surface area contributed by atoms with E-state index >= 15 is 0 Å². The van der Waals surface area contributed by atoms with Crippen LogP contribution in [0.15, 0.2) is 0 Å². The smallest absolute Gasteiger partial charge is 0.234 e. The average molecular weight is 229 g/mol. The highest BCUT2D eigenvalue weighted by Crippen LogP contribution is 2.12. The number of hydrogen-bond donors (Lipinski definition) is 2. The number of ether oxygens (including phenoxy) is 1. The second-order valence-electron chi connectivity index (χ2n) is 4.46. The Morgan fingerprint density at radius 2 is 2.31 bits per heavy atom. The molecule has 16 heavy (non-hydrogen) atoms. The summed E-state index contributed by atoms with van der Waals surface area (Å²) in [5, 5.41) is 6.16. The number of methoxy groups -OCH3 is 1. The molecule has 0 aromatic rings. The highest BCUT2D eigenvalue weighted by atomic mass is 16.5. The number of hydrogen-bond acceptors (Lipinski definition) is 4. The van der Waals surface area contributed by atoms with Crippen molar-refractivity contribution >= 4 is 5.91 Å². The van der Waals surface area contributed by atoms with Crippen LogP contribution >= 0.6 is 0 Å². The largest absolute Gasteiger partial charge is 0.383 e. The normalized spacial score (nSPS) is 25.0. The lowest BCUT2D eigenvalue weighted by Gasteiger charge is -2.26. The van der Waals surface area contributed by atoms with Crippen molar-refractivity contribution in [1.29, 1.82) is 0 Å². The molecule has 5 heteroatoms. The molecule has 0 radical (unpaired) electrons. The van der Waals surface area contributed by atoms with Crippen LogP contribution < -0.4 is 10.6 Å². The van der Waals surface area contributed by atoms with Gasteiger partial charge in [0.15, 0.2) is 0 Å². The molecular weight excluding hydrogens is 206 g/mol. The Hall–Kier alpha value is -0.650. The van der Waals surface area contributed by atoms with Gasteiger partial charge >= 0.3 is 0 Å². The summed E-state index contributed by atoms with van der Waals surface area (Å²) in [7, 11) is 3.63. The van der Waals surface area contributed by atoms with Crippen molar-refractivity contribution in [3.8, 4) is 0 Å². The molecule has 1 rings (SSSR count). The van der Waals surface area contributed by atoms with E-state index in [9.17, 15) is 4.79 Å². The molecule has 1 saturated heterocycles. The van der Waals surface area contributed by atoms with E-state index in [1.165, 1.54) is 0 Å². The summed E-state index contributed by atoms with van der Waals surface area (Å²) >= 11 is 0. The summed E-state index contributed by atoms with van der Waals surface area (Å²) in [6.07, 6.45) is 0. The van der Waals surface area contributed by atoms with Crippen LogP contribution in [-0.4, -0.2) is 63.8 Å². The van der Waals surface area contributed by atoms with Gasteiger partial charge in [0.2, 0.25) is 5.91 Å². The fourth-order valence-corrected chi connectivity index (χ4v) is 2.08. The average Bonchev–Trinajstić information content (AvgIpc) is 2.65. The van der Waals surface area contributed by atoms with Gasteiger partial charge in [-0.15, -0.1) is 0 Å². The summed E-state index contributed by atoms with van der Waals surface area (Å²) in [4.78, 5) is 13.7. The zero-order valence-electron chi connectivity index (χ0n) is 10.5. The molecule has 1 aliphatic heterocycles. The summed E-state index contributed by atoms with van der Waals surface area (Å²) in [6.45, 7) is 5.84. The Kier molecular flexibility index (Phi) is 5.73. The summed E-state index contributed by atoms with van der Waals surface area (Å²) in [5.41, 5.74) is 0. The molecule has 2 atom stereocenters. The van der Waals surface area contributed by atoms with Gasteiger partial charge in [0.05, 0.1) is 13.2 Å². The second kappa shape index (κ2) is 6.83. The Balaban J connectivity index is 2.22. The first-order valence-corrected chi connectivity index (χ1v) is 5.81. The third kappa shape index (κ3) is 4.08.